The predicted octanol–water partition coefficient (Wildman–Crippen LogP) is 3.49. The molecular formula is C21H22N4O5S3. The third kappa shape index (κ3) is 7.22. The van der Waals surface area contributed by atoms with E-state index in [9.17, 15) is 13.2 Å². The second-order valence-electron chi connectivity index (χ2n) is 6.42. The summed E-state index contributed by atoms with van der Waals surface area (Å²) in [6.07, 6.45) is 1.51. The Morgan fingerprint density at radius 3 is 2.58 bits per heavy atom. The smallest absolute Gasteiger partial charge is 0.263 e. The number of nitrogens with one attached hydrogen (secondary N) is 3. The molecule has 12 heteroatoms. The fraction of sp³-hybridized carbons (Fsp3) is 0.190. The molecule has 0 saturated carbocycles. The van der Waals surface area contributed by atoms with Gasteiger partial charge in [0.1, 0.15) is 12.4 Å². The molecule has 9 nitrogen and oxygen atoms in total. The van der Waals surface area contributed by atoms with Crippen molar-refractivity contribution in [2.75, 3.05) is 29.9 Å². The molecule has 0 aliphatic rings. The van der Waals surface area contributed by atoms with Crippen molar-refractivity contribution in [3.8, 4) is 5.75 Å². The predicted molar refractivity (Wildman–Crippen MR) is 131 cm³/mol. The minimum atomic E-state index is -3.76. The molecule has 1 aromatic heterocycles. The molecule has 0 spiro atoms. The molecule has 0 unspecified atom stereocenters. The van der Waals surface area contributed by atoms with Crippen molar-refractivity contribution in [1.82, 2.24) is 10.3 Å². The third-order valence-electron chi connectivity index (χ3n) is 4.12. The number of nitrogens with zero attached hydrogens (tertiary/aromatic N) is 1. The number of carbonyl (C=O) groups is 1. The first kappa shape index (κ1) is 24.6. The lowest BCUT2D eigenvalue weighted by atomic mass is 10.2. The van der Waals surface area contributed by atoms with Gasteiger partial charge in [-0.2, -0.15) is 0 Å². The average Bonchev–Trinajstić information content (AvgIpc) is 3.29. The third-order valence-corrected chi connectivity index (χ3v) is 6.50. The van der Waals surface area contributed by atoms with Crippen LogP contribution >= 0.6 is 23.6 Å². The van der Waals surface area contributed by atoms with Crippen molar-refractivity contribution >= 4 is 55.4 Å². The van der Waals surface area contributed by atoms with Gasteiger partial charge in [0.2, 0.25) is 0 Å². The van der Waals surface area contributed by atoms with Crippen LogP contribution in [0.15, 0.2) is 65.0 Å². The van der Waals surface area contributed by atoms with Crippen LogP contribution in [0.1, 0.15) is 17.3 Å². The van der Waals surface area contributed by atoms with Gasteiger partial charge in [0, 0.05) is 23.9 Å². The largest absolute Gasteiger partial charge is 0.490 e. The molecule has 0 aliphatic heterocycles. The SMILES string of the molecule is CCOCCOc1ccccc1C(=O)NC(=S)Nc1ccc(S(=O)(=O)Nc2nccs2)cc1. The molecule has 33 heavy (non-hydrogen) atoms. The molecule has 3 rings (SSSR count). The Balaban J connectivity index is 1.58. The van der Waals surface area contributed by atoms with Gasteiger partial charge in [0.25, 0.3) is 15.9 Å². The molecule has 0 aliphatic carbocycles. The van der Waals surface area contributed by atoms with Crippen molar-refractivity contribution in [2.24, 2.45) is 0 Å². The molecule has 0 saturated heterocycles. The molecule has 0 radical (unpaired) electrons. The van der Waals surface area contributed by atoms with Crippen LogP contribution in [0.3, 0.4) is 0 Å². The number of hydrogen-bond donors (Lipinski definition) is 3. The molecule has 0 fully saturated rings. The molecule has 1 heterocycles. The molecule has 0 atom stereocenters. The Morgan fingerprint density at radius 1 is 1.12 bits per heavy atom. The lowest BCUT2D eigenvalue weighted by Gasteiger charge is -2.13. The number of carbonyl (C=O) groups excluding carboxylic acids is 1. The molecule has 3 aromatic rings. The number of amides is 1. The van der Waals surface area contributed by atoms with Gasteiger partial charge in [-0.1, -0.05) is 12.1 Å². The van der Waals surface area contributed by atoms with E-state index in [0.29, 0.717) is 36.8 Å². The average molecular weight is 507 g/mol. The van der Waals surface area contributed by atoms with Gasteiger partial charge in [0.15, 0.2) is 10.2 Å². The zero-order chi connectivity index (χ0) is 23.7. The number of rotatable bonds is 10. The first-order valence-electron chi connectivity index (χ1n) is 9.83. The highest BCUT2D eigenvalue weighted by Crippen LogP contribution is 2.20. The summed E-state index contributed by atoms with van der Waals surface area (Å²) in [6.45, 7) is 3.20. The summed E-state index contributed by atoms with van der Waals surface area (Å²) in [7, 11) is -3.76. The Bertz CT molecular complexity index is 1180. The van der Waals surface area contributed by atoms with E-state index in [1.54, 1.807) is 41.8 Å². The summed E-state index contributed by atoms with van der Waals surface area (Å²) in [5.74, 6) is -0.0221. The van der Waals surface area contributed by atoms with E-state index >= 15 is 0 Å². The topological polar surface area (TPSA) is 119 Å². The zero-order valence-electron chi connectivity index (χ0n) is 17.6. The van der Waals surface area contributed by atoms with Crippen LogP contribution in [0.4, 0.5) is 10.8 Å². The molecule has 174 valence electrons. The summed E-state index contributed by atoms with van der Waals surface area (Å²) in [5.41, 5.74) is 0.836. The summed E-state index contributed by atoms with van der Waals surface area (Å²) < 4.78 is 38.1. The van der Waals surface area contributed by atoms with Crippen LogP contribution in [0.2, 0.25) is 0 Å². The number of aromatic nitrogens is 1. The summed E-state index contributed by atoms with van der Waals surface area (Å²) in [4.78, 5) is 16.6. The van der Waals surface area contributed by atoms with Crippen LogP contribution in [0.5, 0.6) is 5.75 Å². The number of para-hydroxylation sites is 1. The second-order valence-corrected chi connectivity index (χ2v) is 9.40. The van der Waals surface area contributed by atoms with Crippen molar-refractivity contribution in [1.29, 1.82) is 0 Å². The number of thiocarbonyl (C=S) groups is 1. The Hall–Kier alpha value is -3.06. The van der Waals surface area contributed by atoms with Crippen molar-refractivity contribution in [3.63, 3.8) is 0 Å². The highest BCUT2D eigenvalue weighted by atomic mass is 32.2. The fourth-order valence-electron chi connectivity index (χ4n) is 2.63. The van der Waals surface area contributed by atoms with Gasteiger partial charge in [-0.25, -0.2) is 13.4 Å². The Morgan fingerprint density at radius 2 is 1.88 bits per heavy atom. The van der Waals surface area contributed by atoms with Gasteiger partial charge in [-0.05, 0) is 55.5 Å². The fourth-order valence-corrected chi connectivity index (χ4v) is 4.63. The first-order valence-corrected chi connectivity index (χ1v) is 12.6. The summed E-state index contributed by atoms with van der Waals surface area (Å²) in [6, 6.07) is 12.7. The zero-order valence-corrected chi connectivity index (χ0v) is 20.1. The van der Waals surface area contributed by atoms with E-state index in [2.05, 4.69) is 20.3 Å². The van der Waals surface area contributed by atoms with Crippen LogP contribution < -0.4 is 20.1 Å². The van der Waals surface area contributed by atoms with Crippen molar-refractivity contribution in [2.45, 2.75) is 11.8 Å². The molecule has 0 bridgehead atoms. The van der Waals surface area contributed by atoms with Gasteiger partial charge in [0.05, 0.1) is 17.1 Å². The van der Waals surface area contributed by atoms with Gasteiger partial charge < -0.3 is 14.8 Å². The van der Waals surface area contributed by atoms with E-state index in [1.165, 1.54) is 29.7 Å². The van der Waals surface area contributed by atoms with Gasteiger partial charge in [-0.3, -0.25) is 14.8 Å². The minimum absolute atomic E-state index is 0.0561. The van der Waals surface area contributed by atoms with Gasteiger partial charge in [-0.15, -0.1) is 11.3 Å². The van der Waals surface area contributed by atoms with E-state index in [1.807, 2.05) is 6.92 Å². The number of sulfonamides is 1. The second kappa shape index (κ2) is 11.7. The van der Waals surface area contributed by atoms with E-state index in [0.717, 1.165) is 0 Å². The maximum absolute atomic E-state index is 12.6. The number of benzene rings is 2. The molecule has 3 N–H and O–H groups in total. The van der Waals surface area contributed by atoms with Gasteiger partial charge >= 0.3 is 0 Å². The Labute approximate surface area is 201 Å². The molecule has 2 aromatic carbocycles. The summed E-state index contributed by atoms with van der Waals surface area (Å²) in [5, 5.41) is 7.46. The first-order chi connectivity index (χ1) is 15.9. The van der Waals surface area contributed by atoms with E-state index in [-0.39, 0.29) is 15.1 Å². The standard InChI is InChI=1S/C21H22N4O5S3/c1-2-29-12-13-30-18-6-4-3-5-17(18)19(26)24-20(31)23-15-7-9-16(10-8-15)33(27,28)25-21-22-11-14-32-21/h3-11,14H,2,12-13H2,1H3,(H,22,25)(H2,23,24,26,31). The van der Waals surface area contributed by atoms with Crippen LogP contribution in [-0.4, -0.2) is 44.2 Å². The van der Waals surface area contributed by atoms with E-state index < -0.39 is 15.9 Å². The van der Waals surface area contributed by atoms with Crippen LogP contribution in [0, 0.1) is 0 Å². The highest BCUT2D eigenvalue weighted by molar-refractivity contribution is 7.93. The Kier molecular flexibility index (Phi) is 8.72. The van der Waals surface area contributed by atoms with E-state index in [4.69, 9.17) is 21.7 Å². The maximum Gasteiger partial charge on any atom is 0.263 e. The number of ether oxygens (including phenoxy) is 2. The van der Waals surface area contributed by atoms with Crippen molar-refractivity contribution in [3.05, 3.63) is 65.7 Å². The normalized spacial score (nSPS) is 10.9. The summed E-state index contributed by atoms with van der Waals surface area (Å²) >= 11 is 6.40. The van der Waals surface area contributed by atoms with Crippen LogP contribution in [-0.2, 0) is 14.8 Å². The molecule has 1 amide bonds. The monoisotopic (exact) mass is 506 g/mol. The quantitative estimate of drug-likeness (QED) is 0.283. The molecular weight excluding hydrogens is 484 g/mol. The maximum atomic E-state index is 12.6. The van der Waals surface area contributed by atoms with Crippen molar-refractivity contribution < 1.29 is 22.7 Å². The lowest BCUT2D eigenvalue weighted by molar-refractivity contribution is 0.0958. The minimum Gasteiger partial charge on any atom is -0.490 e. The number of anilines is 2. The lowest BCUT2D eigenvalue weighted by Crippen LogP contribution is -2.34. The number of thiazole rings is 1. The highest BCUT2D eigenvalue weighted by Gasteiger charge is 2.16. The van der Waals surface area contributed by atoms with Crippen LogP contribution in [0.25, 0.3) is 0 Å². The number of hydrogen-bond acceptors (Lipinski definition) is 8.